The van der Waals surface area contributed by atoms with Gasteiger partial charge in [0.1, 0.15) is 10.6 Å². The molecule has 1 saturated heterocycles. The molecule has 7 heteroatoms. The summed E-state index contributed by atoms with van der Waals surface area (Å²) in [6.07, 6.45) is 4.29. The van der Waals surface area contributed by atoms with Gasteiger partial charge in [-0.2, -0.15) is 4.31 Å². The Morgan fingerprint density at radius 3 is 2.76 bits per heavy atom. The maximum atomic E-state index is 12.8. The number of hydrogen-bond acceptors (Lipinski definition) is 5. The Labute approximate surface area is 125 Å². The van der Waals surface area contributed by atoms with Crippen LogP contribution in [-0.4, -0.2) is 41.7 Å². The zero-order valence-corrected chi connectivity index (χ0v) is 13.3. The summed E-state index contributed by atoms with van der Waals surface area (Å²) in [6, 6.07) is 0. The van der Waals surface area contributed by atoms with Gasteiger partial charge < -0.3 is 9.63 Å². The van der Waals surface area contributed by atoms with Crippen molar-refractivity contribution >= 4 is 10.0 Å². The van der Waals surface area contributed by atoms with E-state index in [1.807, 2.05) is 0 Å². The molecule has 1 N–H and O–H groups in total. The molecule has 1 aromatic heterocycles. The van der Waals surface area contributed by atoms with Gasteiger partial charge in [-0.05, 0) is 33.1 Å². The van der Waals surface area contributed by atoms with E-state index >= 15 is 0 Å². The summed E-state index contributed by atoms with van der Waals surface area (Å²) in [6.45, 7) is 4.01. The number of hydrogen-bond donors (Lipinski definition) is 1. The van der Waals surface area contributed by atoms with Crippen LogP contribution in [0.1, 0.15) is 43.6 Å². The zero-order chi connectivity index (χ0) is 15.3. The highest BCUT2D eigenvalue weighted by molar-refractivity contribution is 7.89. The summed E-state index contributed by atoms with van der Waals surface area (Å²) < 4.78 is 32.1. The Morgan fingerprint density at radius 2 is 2.10 bits per heavy atom. The van der Waals surface area contributed by atoms with E-state index in [1.54, 1.807) is 13.8 Å². The first-order chi connectivity index (χ1) is 9.84. The van der Waals surface area contributed by atoms with Crippen LogP contribution in [0.5, 0.6) is 0 Å². The quantitative estimate of drug-likeness (QED) is 0.896. The van der Waals surface area contributed by atoms with Crippen molar-refractivity contribution in [3.63, 3.8) is 0 Å². The smallest absolute Gasteiger partial charge is 0.248 e. The average molecular weight is 314 g/mol. The fraction of sp³-hybridized carbons (Fsp3) is 0.786. The van der Waals surface area contributed by atoms with Crippen LogP contribution in [0.15, 0.2) is 9.42 Å². The molecule has 1 aliphatic carbocycles. The number of fused-ring (bicyclic) bond motifs is 1. The molecule has 0 radical (unpaired) electrons. The molecule has 1 aliphatic heterocycles. The molecule has 0 bridgehead atoms. The maximum Gasteiger partial charge on any atom is 0.248 e. The van der Waals surface area contributed by atoms with Gasteiger partial charge in [0.2, 0.25) is 10.0 Å². The largest absolute Gasteiger partial charge is 0.390 e. The minimum absolute atomic E-state index is 0.0373. The van der Waals surface area contributed by atoms with Crippen molar-refractivity contribution in [3.8, 4) is 0 Å². The summed E-state index contributed by atoms with van der Waals surface area (Å²) in [5, 5.41) is 14.4. The van der Waals surface area contributed by atoms with E-state index in [0.717, 1.165) is 25.7 Å². The molecule has 21 heavy (non-hydrogen) atoms. The van der Waals surface area contributed by atoms with Gasteiger partial charge in [0.25, 0.3) is 0 Å². The number of sulfonamides is 1. The van der Waals surface area contributed by atoms with E-state index in [1.165, 1.54) is 4.31 Å². The molecule has 3 rings (SSSR count). The SMILES string of the molecule is Cc1noc(C)c1S(=O)(=O)N1CCC2(O)CCCCC2C1. The summed E-state index contributed by atoms with van der Waals surface area (Å²) in [5.41, 5.74) is -0.278. The lowest BCUT2D eigenvalue weighted by Crippen LogP contribution is -2.54. The molecule has 2 unspecified atom stereocenters. The van der Waals surface area contributed by atoms with Crippen LogP contribution < -0.4 is 0 Å². The van der Waals surface area contributed by atoms with Crippen LogP contribution in [0, 0.1) is 19.8 Å². The van der Waals surface area contributed by atoms with Gasteiger partial charge in [0.05, 0.1) is 5.60 Å². The molecule has 2 atom stereocenters. The average Bonchev–Trinajstić information content (AvgIpc) is 2.77. The van der Waals surface area contributed by atoms with E-state index in [2.05, 4.69) is 5.16 Å². The highest BCUT2D eigenvalue weighted by Gasteiger charge is 2.46. The van der Waals surface area contributed by atoms with Crippen molar-refractivity contribution in [1.29, 1.82) is 0 Å². The lowest BCUT2D eigenvalue weighted by molar-refractivity contribution is -0.0816. The van der Waals surface area contributed by atoms with Crippen molar-refractivity contribution in [2.75, 3.05) is 13.1 Å². The first-order valence-corrected chi connectivity index (χ1v) is 8.94. The Morgan fingerprint density at radius 1 is 1.33 bits per heavy atom. The first-order valence-electron chi connectivity index (χ1n) is 7.50. The molecule has 0 aromatic carbocycles. The van der Waals surface area contributed by atoms with Gasteiger partial charge in [-0.3, -0.25) is 0 Å². The predicted molar refractivity (Wildman–Crippen MR) is 76.3 cm³/mol. The van der Waals surface area contributed by atoms with Gasteiger partial charge in [-0.1, -0.05) is 18.0 Å². The molecular formula is C14H22N2O4S. The van der Waals surface area contributed by atoms with Crippen LogP contribution in [0.25, 0.3) is 0 Å². The fourth-order valence-electron chi connectivity index (χ4n) is 3.73. The first kappa shape index (κ1) is 15.0. The fourth-order valence-corrected chi connectivity index (χ4v) is 5.51. The molecule has 2 heterocycles. The van der Waals surface area contributed by atoms with Crippen molar-refractivity contribution in [2.24, 2.45) is 5.92 Å². The van der Waals surface area contributed by atoms with Gasteiger partial charge in [-0.25, -0.2) is 8.42 Å². The number of aromatic nitrogens is 1. The second-order valence-electron chi connectivity index (χ2n) is 6.31. The van der Waals surface area contributed by atoms with Crippen molar-refractivity contribution < 1.29 is 18.0 Å². The molecule has 0 spiro atoms. The highest BCUT2D eigenvalue weighted by Crippen LogP contribution is 2.41. The van der Waals surface area contributed by atoms with E-state index < -0.39 is 15.6 Å². The molecule has 1 aromatic rings. The maximum absolute atomic E-state index is 12.8. The summed E-state index contributed by atoms with van der Waals surface area (Å²) in [5.74, 6) is 0.368. The predicted octanol–water partition coefficient (Wildman–Crippen LogP) is 1.61. The van der Waals surface area contributed by atoms with E-state index in [4.69, 9.17) is 4.52 Å². The number of nitrogens with zero attached hydrogens (tertiary/aromatic N) is 2. The van der Waals surface area contributed by atoms with E-state index in [9.17, 15) is 13.5 Å². The Bertz CT molecular complexity index is 620. The minimum atomic E-state index is -3.59. The van der Waals surface area contributed by atoms with E-state index in [0.29, 0.717) is 31.0 Å². The van der Waals surface area contributed by atoms with Gasteiger partial charge in [-0.15, -0.1) is 0 Å². The van der Waals surface area contributed by atoms with Gasteiger partial charge in [0.15, 0.2) is 5.76 Å². The Kier molecular flexibility index (Phi) is 3.62. The highest BCUT2D eigenvalue weighted by atomic mass is 32.2. The second-order valence-corrected chi connectivity index (χ2v) is 8.19. The third-order valence-corrected chi connectivity index (χ3v) is 7.07. The van der Waals surface area contributed by atoms with Crippen LogP contribution in [-0.2, 0) is 10.0 Å². The lowest BCUT2D eigenvalue weighted by Gasteiger charge is -2.46. The zero-order valence-electron chi connectivity index (χ0n) is 12.5. The molecular weight excluding hydrogens is 292 g/mol. The van der Waals surface area contributed by atoms with Gasteiger partial charge >= 0.3 is 0 Å². The normalized spacial score (nSPS) is 31.1. The number of aryl methyl sites for hydroxylation is 2. The van der Waals surface area contributed by atoms with Crippen LogP contribution >= 0.6 is 0 Å². The topological polar surface area (TPSA) is 83.6 Å². The van der Waals surface area contributed by atoms with Gasteiger partial charge in [0, 0.05) is 19.0 Å². The van der Waals surface area contributed by atoms with E-state index in [-0.39, 0.29) is 10.8 Å². The summed E-state index contributed by atoms with van der Waals surface area (Å²) in [4.78, 5) is 0.184. The Hall–Kier alpha value is -0.920. The number of piperidine rings is 1. The Balaban J connectivity index is 1.88. The van der Waals surface area contributed by atoms with Crippen LogP contribution in [0.4, 0.5) is 0 Å². The molecule has 118 valence electrons. The van der Waals surface area contributed by atoms with Crippen LogP contribution in [0.2, 0.25) is 0 Å². The summed E-state index contributed by atoms with van der Waals surface area (Å²) in [7, 11) is -3.59. The molecule has 2 fully saturated rings. The molecule has 2 aliphatic rings. The van der Waals surface area contributed by atoms with Crippen molar-refractivity contribution in [2.45, 2.75) is 56.4 Å². The molecule has 1 saturated carbocycles. The third-order valence-electron chi connectivity index (χ3n) is 4.96. The van der Waals surface area contributed by atoms with Crippen LogP contribution in [0.3, 0.4) is 0 Å². The second kappa shape index (κ2) is 5.07. The minimum Gasteiger partial charge on any atom is -0.390 e. The number of aliphatic hydroxyl groups is 1. The number of rotatable bonds is 2. The standard InChI is InChI=1S/C14H22N2O4S/c1-10-13(11(2)20-15-10)21(18,19)16-8-7-14(17)6-4-3-5-12(14)9-16/h12,17H,3-9H2,1-2H3. The third kappa shape index (κ3) is 2.41. The summed E-state index contributed by atoms with van der Waals surface area (Å²) >= 11 is 0. The van der Waals surface area contributed by atoms with Crippen molar-refractivity contribution in [1.82, 2.24) is 9.46 Å². The van der Waals surface area contributed by atoms with Crippen molar-refractivity contribution in [3.05, 3.63) is 11.5 Å². The molecule has 0 amide bonds. The lowest BCUT2D eigenvalue weighted by atomic mass is 9.72. The molecule has 6 nitrogen and oxygen atoms in total. The monoisotopic (exact) mass is 314 g/mol.